The molecular formula is C15H19N5O. The summed E-state index contributed by atoms with van der Waals surface area (Å²) in [6.45, 7) is 2.13. The largest absolute Gasteiger partial charge is 0.332 e. The SMILES string of the molecule is Cn1nc(Cn2ccnc2)c2c1CN(C(=O)CC1CC1)C2. The monoisotopic (exact) mass is 285 g/mol. The highest BCUT2D eigenvalue weighted by Gasteiger charge is 2.32. The van der Waals surface area contributed by atoms with Crippen LogP contribution >= 0.6 is 0 Å². The lowest BCUT2D eigenvalue weighted by atomic mass is 10.2. The van der Waals surface area contributed by atoms with Crippen molar-refractivity contribution in [1.82, 2.24) is 24.2 Å². The van der Waals surface area contributed by atoms with Crippen LogP contribution in [0.4, 0.5) is 0 Å². The average molecular weight is 285 g/mol. The predicted octanol–water partition coefficient (Wildman–Crippen LogP) is 1.31. The van der Waals surface area contributed by atoms with Gasteiger partial charge in [-0.3, -0.25) is 9.48 Å². The van der Waals surface area contributed by atoms with E-state index in [9.17, 15) is 4.79 Å². The molecule has 0 radical (unpaired) electrons. The molecule has 1 fully saturated rings. The van der Waals surface area contributed by atoms with E-state index in [4.69, 9.17) is 0 Å². The highest BCUT2D eigenvalue weighted by molar-refractivity contribution is 5.77. The van der Waals surface area contributed by atoms with Crippen molar-refractivity contribution in [2.45, 2.75) is 38.9 Å². The molecule has 2 aliphatic rings. The first-order valence-electron chi connectivity index (χ1n) is 7.48. The maximum Gasteiger partial charge on any atom is 0.223 e. The summed E-state index contributed by atoms with van der Waals surface area (Å²) in [5, 5.41) is 4.60. The molecule has 0 aromatic carbocycles. The van der Waals surface area contributed by atoms with Crippen molar-refractivity contribution < 1.29 is 4.79 Å². The Hall–Kier alpha value is -2.11. The minimum absolute atomic E-state index is 0.294. The van der Waals surface area contributed by atoms with E-state index in [0.717, 1.165) is 12.1 Å². The lowest BCUT2D eigenvalue weighted by Crippen LogP contribution is -2.26. The average Bonchev–Trinajstić information content (AvgIpc) is 2.92. The summed E-state index contributed by atoms with van der Waals surface area (Å²) < 4.78 is 3.93. The number of carbonyl (C=O) groups is 1. The van der Waals surface area contributed by atoms with Gasteiger partial charge in [0.15, 0.2) is 0 Å². The third-order valence-electron chi connectivity index (χ3n) is 4.45. The Bertz CT molecular complexity index is 669. The summed E-state index contributed by atoms with van der Waals surface area (Å²) in [7, 11) is 1.96. The van der Waals surface area contributed by atoms with Gasteiger partial charge in [-0.05, 0) is 18.8 Å². The van der Waals surface area contributed by atoms with E-state index in [0.29, 0.717) is 31.5 Å². The Morgan fingerprint density at radius 3 is 2.95 bits per heavy atom. The molecule has 1 saturated carbocycles. The first-order valence-corrected chi connectivity index (χ1v) is 7.48. The van der Waals surface area contributed by atoms with Gasteiger partial charge in [-0.15, -0.1) is 0 Å². The van der Waals surface area contributed by atoms with E-state index < -0.39 is 0 Å². The van der Waals surface area contributed by atoms with Gasteiger partial charge in [0, 0.05) is 38.0 Å². The fourth-order valence-electron chi connectivity index (χ4n) is 3.03. The summed E-state index contributed by atoms with van der Waals surface area (Å²) in [5.41, 5.74) is 3.44. The Morgan fingerprint density at radius 2 is 2.24 bits per heavy atom. The molecular weight excluding hydrogens is 266 g/mol. The lowest BCUT2D eigenvalue weighted by Gasteiger charge is -2.16. The van der Waals surface area contributed by atoms with E-state index in [2.05, 4.69) is 10.1 Å². The van der Waals surface area contributed by atoms with Crippen LogP contribution in [0, 0.1) is 5.92 Å². The molecule has 110 valence electrons. The van der Waals surface area contributed by atoms with Crippen LogP contribution in [0.25, 0.3) is 0 Å². The third-order valence-corrected chi connectivity index (χ3v) is 4.45. The van der Waals surface area contributed by atoms with Gasteiger partial charge in [-0.2, -0.15) is 5.10 Å². The van der Waals surface area contributed by atoms with Crippen molar-refractivity contribution in [2.75, 3.05) is 0 Å². The number of amides is 1. The van der Waals surface area contributed by atoms with Crippen LogP contribution in [0.5, 0.6) is 0 Å². The van der Waals surface area contributed by atoms with Crippen molar-refractivity contribution in [3.05, 3.63) is 35.7 Å². The molecule has 6 heteroatoms. The molecule has 1 amide bonds. The molecule has 0 saturated heterocycles. The molecule has 0 unspecified atom stereocenters. The molecule has 0 spiro atoms. The molecule has 0 atom stereocenters. The molecule has 0 bridgehead atoms. The number of aromatic nitrogens is 4. The van der Waals surface area contributed by atoms with Gasteiger partial charge in [0.1, 0.15) is 0 Å². The predicted molar refractivity (Wildman–Crippen MR) is 76.1 cm³/mol. The van der Waals surface area contributed by atoms with Gasteiger partial charge in [0.2, 0.25) is 5.91 Å². The standard InChI is InChI=1S/C15H19N5O/c1-18-14-9-20(15(21)6-11-2-3-11)7-12(14)13(17-18)8-19-5-4-16-10-19/h4-5,10-11H,2-3,6-9H2,1H3. The third kappa shape index (κ3) is 2.34. The molecule has 1 aliphatic heterocycles. The quantitative estimate of drug-likeness (QED) is 0.851. The highest BCUT2D eigenvalue weighted by atomic mass is 16.2. The van der Waals surface area contributed by atoms with Crippen molar-refractivity contribution >= 4 is 5.91 Å². The Balaban J connectivity index is 1.53. The first kappa shape index (κ1) is 12.6. The Kier molecular flexibility index (Phi) is 2.83. The number of hydrogen-bond acceptors (Lipinski definition) is 3. The van der Waals surface area contributed by atoms with Gasteiger partial charge in [0.05, 0.1) is 30.8 Å². The van der Waals surface area contributed by atoms with E-state index in [-0.39, 0.29) is 0 Å². The number of rotatable bonds is 4. The second-order valence-corrected chi connectivity index (χ2v) is 6.13. The molecule has 2 aromatic heterocycles. The van der Waals surface area contributed by atoms with Crippen LogP contribution in [0.1, 0.15) is 36.2 Å². The minimum atomic E-state index is 0.294. The number of hydrogen-bond donors (Lipinski definition) is 0. The zero-order valence-corrected chi connectivity index (χ0v) is 12.2. The van der Waals surface area contributed by atoms with E-state index >= 15 is 0 Å². The lowest BCUT2D eigenvalue weighted by molar-refractivity contribution is -0.132. The molecule has 0 N–H and O–H groups in total. The van der Waals surface area contributed by atoms with Crippen molar-refractivity contribution in [1.29, 1.82) is 0 Å². The summed E-state index contributed by atoms with van der Waals surface area (Å²) in [5.74, 6) is 0.937. The van der Waals surface area contributed by atoms with Gasteiger partial charge < -0.3 is 9.47 Å². The summed E-state index contributed by atoms with van der Waals surface area (Å²) in [4.78, 5) is 18.3. The van der Waals surface area contributed by atoms with Gasteiger partial charge in [-0.25, -0.2) is 4.98 Å². The van der Waals surface area contributed by atoms with Gasteiger partial charge in [0.25, 0.3) is 0 Å². The summed E-state index contributed by atoms with van der Waals surface area (Å²) >= 11 is 0. The maximum absolute atomic E-state index is 12.3. The van der Waals surface area contributed by atoms with Crippen LogP contribution in [0.15, 0.2) is 18.7 Å². The van der Waals surface area contributed by atoms with Crippen molar-refractivity contribution in [2.24, 2.45) is 13.0 Å². The minimum Gasteiger partial charge on any atom is -0.332 e. The van der Waals surface area contributed by atoms with Crippen LogP contribution in [-0.4, -0.2) is 30.1 Å². The molecule has 3 heterocycles. The number of fused-ring (bicyclic) bond motifs is 1. The molecule has 1 aliphatic carbocycles. The van der Waals surface area contributed by atoms with Crippen LogP contribution in [-0.2, 0) is 31.5 Å². The molecule has 2 aromatic rings. The number of nitrogens with zero attached hydrogens (tertiary/aromatic N) is 5. The summed E-state index contributed by atoms with van der Waals surface area (Å²) in [6.07, 6.45) is 8.67. The Labute approximate surface area is 123 Å². The van der Waals surface area contributed by atoms with Crippen LogP contribution < -0.4 is 0 Å². The number of imidazole rings is 1. The van der Waals surface area contributed by atoms with Crippen molar-refractivity contribution in [3.8, 4) is 0 Å². The second-order valence-electron chi connectivity index (χ2n) is 6.13. The fraction of sp³-hybridized carbons (Fsp3) is 0.533. The van der Waals surface area contributed by atoms with Gasteiger partial charge >= 0.3 is 0 Å². The topological polar surface area (TPSA) is 56.0 Å². The zero-order valence-electron chi connectivity index (χ0n) is 12.2. The highest BCUT2D eigenvalue weighted by Crippen LogP contribution is 2.34. The van der Waals surface area contributed by atoms with E-state index in [1.165, 1.54) is 24.1 Å². The maximum atomic E-state index is 12.3. The summed E-state index contributed by atoms with van der Waals surface area (Å²) in [6, 6.07) is 0. The molecule has 4 rings (SSSR count). The first-order chi connectivity index (χ1) is 10.2. The normalized spacial score (nSPS) is 17.3. The molecule has 6 nitrogen and oxygen atoms in total. The zero-order chi connectivity index (χ0) is 14.4. The molecule has 21 heavy (non-hydrogen) atoms. The van der Waals surface area contributed by atoms with Crippen molar-refractivity contribution in [3.63, 3.8) is 0 Å². The number of aryl methyl sites for hydroxylation is 1. The Morgan fingerprint density at radius 1 is 1.38 bits per heavy atom. The van der Waals surface area contributed by atoms with Gasteiger partial charge in [-0.1, -0.05) is 0 Å². The van der Waals surface area contributed by atoms with Crippen LogP contribution in [0.2, 0.25) is 0 Å². The fourth-order valence-corrected chi connectivity index (χ4v) is 3.03. The van der Waals surface area contributed by atoms with E-state index in [1.54, 1.807) is 12.5 Å². The van der Waals surface area contributed by atoms with Crippen LogP contribution in [0.3, 0.4) is 0 Å². The smallest absolute Gasteiger partial charge is 0.223 e. The second kappa shape index (κ2) is 4.72. The number of carbonyl (C=O) groups excluding carboxylic acids is 1. The van der Waals surface area contributed by atoms with E-state index in [1.807, 2.05) is 27.4 Å².